The average Bonchev–Trinajstić information content (AvgIpc) is 2.75. The van der Waals surface area contributed by atoms with Crippen LogP contribution in [-0.4, -0.2) is 29.1 Å². The third kappa shape index (κ3) is 2.74. The molecule has 0 saturated carbocycles. The Bertz CT molecular complexity index is 553. The monoisotopic (exact) mass is 262 g/mol. The van der Waals surface area contributed by atoms with Crippen molar-refractivity contribution in [3.05, 3.63) is 35.1 Å². The third-order valence-electron chi connectivity index (χ3n) is 3.64. The zero-order chi connectivity index (χ0) is 14.0. The highest BCUT2D eigenvalue weighted by atomic mass is 19.1. The molecule has 1 heterocycles. The lowest BCUT2D eigenvalue weighted by Crippen LogP contribution is -2.31. The molecule has 4 nitrogen and oxygen atoms in total. The first-order chi connectivity index (χ1) is 8.94. The van der Waals surface area contributed by atoms with Gasteiger partial charge in [0.2, 0.25) is 0 Å². The largest absolute Gasteiger partial charge is 0.481 e. The molecule has 1 aliphatic rings. The number of likely N-dealkylation sites (tertiary alicyclic amines) is 1. The molecule has 0 amide bonds. The molecule has 1 unspecified atom stereocenters. The van der Waals surface area contributed by atoms with Gasteiger partial charge in [-0.2, -0.15) is 5.26 Å². The number of nitrogens with zero attached hydrogens (tertiary/aromatic N) is 2. The zero-order valence-corrected chi connectivity index (χ0v) is 10.7. The van der Waals surface area contributed by atoms with Crippen molar-refractivity contribution in [2.75, 3.05) is 13.1 Å². The molecule has 1 N–H and O–H groups in total. The van der Waals surface area contributed by atoms with Crippen LogP contribution in [0.3, 0.4) is 0 Å². The van der Waals surface area contributed by atoms with Gasteiger partial charge >= 0.3 is 5.97 Å². The van der Waals surface area contributed by atoms with Gasteiger partial charge in [-0.05, 0) is 38.1 Å². The lowest BCUT2D eigenvalue weighted by Gasteiger charge is -2.20. The van der Waals surface area contributed by atoms with Crippen LogP contribution in [0.5, 0.6) is 0 Å². The van der Waals surface area contributed by atoms with Gasteiger partial charge in [-0.3, -0.25) is 9.69 Å². The van der Waals surface area contributed by atoms with Gasteiger partial charge in [0.05, 0.1) is 17.0 Å². The van der Waals surface area contributed by atoms with Crippen molar-refractivity contribution in [3.8, 4) is 6.07 Å². The van der Waals surface area contributed by atoms with Gasteiger partial charge in [-0.1, -0.05) is 0 Å². The number of carbonyl (C=O) groups is 1. The summed E-state index contributed by atoms with van der Waals surface area (Å²) in [5, 5.41) is 18.0. The average molecular weight is 262 g/mol. The quantitative estimate of drug-likeness (QED) is 0.904. The Labute approximate surface area is 111 Å². The molecule has 0 spiro atoms. The molecule has 0 radical (unpaired) electrons. The molecule has 1 saturated heterocycles. The van der Waals surface area contributed by atoms with Crippen molar-refractivity contribution in [2.45, 2.75) is 19.9 Å². The number of carboxylic acid groups (broad SMARTS) is 1. The molecule has 0 aliphatic carbocycles. The highest BCUT2D eigenvalue weighted by Crippen LogP contribution is 2.31. The number of hydrogen-bond donors (Lipinski definition) is 1. The van der Waals surface area contributed by atoms with Crippen molar-refractivity contribution in [2.24, 2.45) is 5.41 Å². The van der Waals surface area contributed by atoms with Crippen molar-refractivity contribution < 1.29 is 14.3 Å². The summed E-state index contributed by atoms with van der Waals surface area (Å²) in [6, 6.07) is 6.21. The van der Waals surface area contributed by atoms with E-state index in [9.17, 15) is 9.18 Å². The SMILES string of the molecule is CC1(C(=O)O)CCN(Cc2cc(C#N)ccc2F)C1. The van der Waals surface area contributed by atoms with Gasteiger partial charge in [0, 0.05) is 18.7 Å². The second-order valence-corrected chi connectivity index (χ2v) is 5.24. The highest BCUT2D eigenvalue weighted by molar-refractivity contribution is 5.74. The summed E-state index contributed by atoms with van der Waals surface area (Å²) in [4.78, 5) is 13.1. The van der Waals surface area contributed by atoms with E-state index < -0.39 is 11.4 Å². The van der Waals surface area contributed by atoms with Crippen molar-refractivity contribution in [1.82, 2.24) is 4.90 Å². The summed E-state index contributed by atoms with van der Waals surface area (Å²) in [5.74, 6) is -1.18. The van der Waals surface area contributed by atoms with E-state index in [2.05, 4.69) is 0 Å². The van der Waals surface area contributed by atoms with E-state index in [1.165, 1.54) is 18.2 Å². The lowest BCUT2D eigenvalue weighted by atomic mass is 9.90. The lowest BCUT2D eigenvalue weighted by molar-refractivity contribution is -0.147. The summed E-state index contributed by atoms with van der Waals surface area (Å²) in [6.45, 7) is 3.07. The maximum absolute atomic E-state index is 13.7. The number of hydrogen-bond acceptors (Lipinski definition) is 3. The van der Waals surface area contributed by atoms with Crippen molar-refractivity contribution in [3.63, 3.8) is 0 Å². The Morgan fingerprint density at radius 3 is 2.95 bits per heavy atom. The van der Waals surface area contributed by atoms with Gasteiger partial charge in [-0.15, -0.1) is 0 Å². The van der Waals surface area contributed by atoms with Crippen LogP contribution in [-0.2, 0) is 11.3 Å². The second-order valence-electron chi connectivity index (χ2n) is 5.24. The molecule has 1 atom stereocenters. The molecule has 1 aliphatic heterocycles. The first-order valence-corrected chi connectivity index (χ1v) is 6.09. The van der Waals surface area contributed by atoms with E-state index in [1.807, 2.05) is 11.0 Å². The Morgan fingerprint density at radius 2 is 2.37 bits per heavy atom. The second kappa shape index (κ2) is 4.98. The Kier molecular flexibility index (Phi) is 3.54. The van der Waals surface area contributed by atoms with Gasteiger partial charge in [0.15, 0.2) is 0 Å². The summed E-state index contributed by atoms with van der Waals surface area (Å²) in [6.07, 6.45) is 0.557. The summed E-state index contributed by atoms with van der Waals surface area (Å²) in [7, 11) is 0. The number of nitriles is 1. The molecule has 1 fully saturated rings. The van der Waals surface area contributed by atoms with E-state index in [0.717, 1.165) is 0 Å². The predicted molar refractivity (Wildman–Crippen MR) is 66.8 cm³/mol. The molecule has 2 rings (SSSR count). The molecule has 1 aromatic carbocycles. The number of halogens is 1. The molecule has 5 heteroatoms. The zero-order valence-electron chi connectivity index (χ0n) is 10.7. The van der Waals surface area contributed by atoms with Gasteiger partial charge in [-0.25, -0.2) is 4.39 Å². The molecule has 100 valence electrons. The number of aliphatic carboxylic acids is 1. The van der Waals surface area contributed by atoms with E-state index in [-0.39, 0.29) is 5.82 Å². The molecular formula is C14H15FN2O2. The van der Waals surface area contributed by atoms with Crippen LogP contribution in [0.2, 0.25) is 0 Å². The minimum absolute atomic E-state index is 0.338. The van der Waals surface area contributed by atoms with Gasteiger partial charge in [0.1, 0.15) is 5.82 Å². The minimum Gasteiger partial charge on any atom is -0.481 e. The van der Waals surface area contributed by atoms with Crippen LogP contribution in [0, 0.1) is 22.6 Å². The topological polar surface area (TPSA) is 64.3 Å². The van der Waals surface area contributed by atoms with E-state index >= 15 is 0 Å². The smallest absolute Gasteiger partial charge is 0.310 e. The summed E-state index contributed by atoms with van der Waals surface area (Å²) < 4.78 is 13.7. The fraction of sp³-hybridized carbons (Fsp3) is 0.429. The van der Waals surface area contributed by atoms with E-state index in [1.54, 1.807) is 6.92 Å². The standard InChI is InChI=1S/C14H15FN2O2/c1-14(13(18)19)4-5-17(9-14)8-11-6-10(7-16)2-3-12(11)15/h2-3,6H,4-5,8-9H2,1H3,(H,18,19). The predicted octanol–water partition coefficient (Wildman–Crippen LogP) is 1.99. The number of rotatable bonds is 3. The van der Waals surface area contributed by atoms with Crippen LogP contribution in [0.4, 0.5) is 4.39 Å². The molecule has 0 bridgehead atoms. The Morgan fingerprint density at radius 1 is 1.63 bits per heavy atom. The first kappa shape index (κ1) is 13.5. The fourth-order valence-electron chi connectivity index (χ4n) is 2.37. The van der Waals surface area contributed by atoms with Gasteiger partial charge in [0.25, 0.3) is 0 Å². The Balaban J connectivity index is 2.12. The number of benzene rings is 1. The summed E-state index contributed by atoms with van der Waals surface area (Å²) in [5.41, 5.74) is 0.0915. The van der Waals surface area contributed by atoms with E-state index in [0.29, 0.717) is 37.2 Å². The summed E-state index contributed by atoms with van der Waals surface area (Å²) >= 11 is 0. The maximum atomic E-state index is 13.7. The van der Waals surface area contributed by atoms with Crippen molar-refractivity contribution >= 4 is 5.97 Å². The molecule has 1 aromatic rings. The molecule has 19 heavy (non-hydrogen) atoms. The third-order valence-corrected chi connectivity index (χ3v) is 3.64. The van der Waals surface area contributed by atoms with E-state index in [4.69, 9.17) is 10.4 Å². The molecule has 0 aromatic heterocycles. The van der Waals surface area contributed by atoms with Crippen LogP contribution in [0.25, 0.3) is 0 Å². The normalized spacial score (nSPS) is 23.2. The number of carboxylic acids is 1. The van der Waals surface area contributed by atoms with Gasteiger partial charge < -0.3 is 5.11 Å². The van der Waals surface area contributed by atoms with Crippen LogP contribution in [0.15, 0.2) is 18.2 Å². The van der Waals surface area contributed by atoms with Crippen LogP contribution < -0.4 is 0 Å². The highest BCUT2D eigenvalue weighted by Gasteiger charge is 2.40. The van der Waals surface area contributed by atoms with Crippen LogP contribution >= 0.6 is 0 Å². The minimum atomic E-state index is -0.818. The maximum Gasteiger partial charge on any atom is 0.310 e. The first-order valence-electron chi connectivity index (χ1n) is 6.09. The molecular weight excluding hydrogens is 247 g/mol. The fourth-order valence-corrected chi connectivity index (χ4v) is 2.37. The Hall–Kier alpha value is -1.93. The van der Waals surface area contributed by atoms with Crippen molar-refractivity contribution in [1.29, 1.82) is 5.26 Å². The van der Waals surface area contributed by atoms with Crippen LogP contribution in [0.1, 0.15) is 24.5 Å².